The van der Waals surface area contributed by atoms with Gasteiger partial charge in [-0.05, 0) is 38.5 Å². The lowest BCUT2D eigenvalue weighted by Crippen LogP contribution is -2.57. The molecule has 0 amide bonds. The third-order valence-corrected chi connectivity index (χ3v) is 6.56. The Morgan fingerprint density at radius 1 is 0.514 bits per heavy atom. The van der Waals surface area contributed by atoms with Crippen molar-refractivity contribution in [2.75, 3.05) is 26.2 Å². The monoisotopic (exact) mass is 498 g/mol. The highest BCUT2D eigenvalue weighted by atomic mass is 16.4. The summed E-state index contributed by atoms with van der Waals surface area (Å²) in [6, 6.07) is 0. The summed E-state index contributed by atoms with van der Waals surface area (Å²) < 4.78 is -0.441. The number of carbonyl (C=O) groups is 3. The van der Waals surface area contributed by atoms with E-state index < -0.39 is 42.0 Å². The van der Waals surface area contributed by atoms with E-state index in [-0.39, 0.29) is 6.54 Å². The van der Waals surface area contributed by atoms with E-state index in [1.807, 2.05) is 0 Å². The Bertz CT molecular complexity index is 549. The quantitative estimate of drug-likeness (QED) is 0.0699. The van der Waals surface area contributed by atoms with Gasteiger partial charge in [-0.1, -0.05) is 96.1 Å². The first-order chi connectivity index (χ1) is 16.8. The highest BCUT2D eigenvalue weighted by Gasteiger charge is 2.35. The van der Waals surface area contributed by atoms with Crippen molar-refractivity contribution >= 4 is 17.9 Å². The van der Waals surface area contributed by atoms with Crippen molar-refractivity contribution in [1.82, 2.24) is 0 Å². The highest BCUT2D eigenvalue weighted by Crippen LogP contribution is 2.14. The lowest BCUT2D eigenvalue weighted by molar-refractivity contribution is -0.907. The van der Waals surface area contributed by atoms with Gasteiger partial charge in [0.05, 0.1) is 6.54 Å². The molecule has 0 aliphatic heterocycles. The van der Waals surface area contributed by atoms with E-state index in [1.165, 1.54) is 70.6 Å². The zero-order valence-electron chi connectivity index (χ0n) is 22.2. The molecule has 0 bridgehead atoms. The van der Waals surface area contributed by atoms with Gasteiger partial charge in [-0.15, -0.1) is 0 Å². The maximum atomic E-state index is 11.2. The molecule has 0 saturated carbocycles. The normalized spacial score (nSPS) is 11.8. The van der Waals surface area contributed by atoms with Gasteiger partial charge in [-0.25, -0.2) is 14.4 Å². The molecule has 0 radical (unpaired) electrons. The standard InChI is InChI=1S/C28H51NO6/c1-2-3-4-5-6-7-8-9-10-11-12-13-14-15-16-17-18-19-20-21-22-29(23-26(30)31,24-27(32)33)25-28(34)35/h13-14H,2-12,15-25H2,1H3,(H2-,30,31,32,33,34,35)/p+1/b14-13+. The molecule has 0 aliphatic carbocycles. The molecule has 0 unspecified atom stereocenters. The third-order valence-electron chi connectivity index (χ3n) is 6.56. The zero-order chi connectivity index (χ0) is 26.2. The van der Waals surface area contributed by atoms with Gasteiger partial charge in [0.2, 0.25) is 0 Å². The fourth-order valence-corrected chi connectivity index (χ4v) is 4.67. The first kappa shape index (κ1) is 33.1. The number of rotatable bonds is 26. The van der Waals surface area contributed by atoms with Crippen LogP contribution in [0, 0.1) is 0 Å². The van der Waals surface area contributed by atoms with E-state index in [9.17, 15) is 14.4 Å². The molecule has 0 atom stereocenters. The zero-order valence-corrected chi connectivity index (χ0v) is 22.2. The number of allylic oxidation sites excluding steroid dienone is 2. The average Bonchev–Trinajstić information content (AvgIpc) is 2.76. The van der Waals surface area contributed by atoms with E-state index in [1.54, 1.807) is 0 Å². The Hall–Kier alpha value is -1.89. The smallest absolute Gasteiger partial charge is 0.359 e. The molecule has 3 N–H and O–H groups in total. The second-order valence-corrected chi connectivity index (χ2v) is 10.1. The molecule has 35 heavy (non-hydrogen) atoms. The van der Waals surface area contributed by atoms with E-state index >= 15 is 0 Å². The van der Waals surface area contributed by atoms with Crippen molar-refractivity contribution in [3.05, 3.63) is 12.2 Å². The summed E-state index contributed by atoms with van der Waals surface area (Å²) in [5.41, 5.74) is 0. The Morgan fingerprint density at radius 3 is 1.17 bits per heavy atom. The largest absolute Gasteiger partial charge is 0.477 e. The van der Waals surface area contributed by atoms with Gasteiger partial charge in [-0.3, -0.25) is 4.48 Å². The summed E-state index contributed by atoms with van der Waals surface area (Å²) in [5.74, 6) is -3.52. The van der Waals surface area contributed by atoms with Crippen LogP contribution < -0.4 is 0 Å². The summed E-state index contributed by atoms with van der Waals surface area (Å²) in [7, 11) is 0. The summed E-state index contributed by atoms with van der Waals surface area (Å²) in [6.45, 7) is 1.07. The lowest BCUT2D eigenvalue weighted by Gasteiger charge is -2.34. The molecule has 7 heteroatoms. The fraction of sp³-hybridized carbons (Fsp3) is 0.821. The van der Waals surface area contributed by atoms with E-state index in [2.05, 4.69) is 19.1 Å². The minimum Gasteiger partial charge on any atom is -0.477 e. The Balaban J connectivity index is 3.75. The molecule has 0 spiro atoms. The number of aliphatic carboxylic acids is 3. The minimum absolute atomic E-state index is 0.257. The van der Waals surface area contributed by atoms with Crippen LogP contribution in [0.1, 0.15) is 122 Å². The van der Waals surface area contributed by atoms with Crippen LogP contribution in [0.4, 0.5) is 0 Å². The predicted molar refractivity (Wildman–Crippen MR) is 141 cm³/mol. The van der Waals surface area contributed by atoms with Crippen LogP contribution in [-0.4, -0.2) is 63.9 Å². The molecule has 7 nitrogen and oxygen atoms in total. The maximum Gasteiger partial charge on any atom is 0.359 e. The maximum absolute atomic E-state index is 11.2. The molecule has 0 fully saturated rings. The molecule has 0 aromatic carbocycles. The van der Waals surface area contributed by atoms with Crippen LogP contribution in [0.5, 0.6) is 0 Å². The van der Waals surface area contributed by atoms with Crippen molar-refractivity contribution < 1.29 is 34.2 Å². The Morgan fingerprint density at radius 2 is 0.829 bits per heavy atom. The number of nitrogens with zero attached hydrogens (tertiary/aromatic N) is 1. The van der Waals surface area contributed by atoms with Gasteiger partial charge in [0.15, 0.2) is 19.6 Å². The van der Waals surface area contributed by atoms with Gasteiger partial charge in [0.25, 0.3) is 0 Å². The number of unbranched alkanes of at least 4 members (excludes halogenated alkanes) is 16. The second-order valence-electron chi connectivity index (χ2n) is 10.1. The first-order valence-corrected chi connectivity index (χ1v) is 14.0. The fourth-order valence-electron chi connectivity index (χ4n) is 4.67. The number of carboxylic acid groups (broad SMARTS) is 3. The van der Waals surface area contributed by atoms with Crippen molar-refractivity contribution in [2.45, 2.75) is 122 Å². The highest BCUT2D eigenvalue weighted by molar-refractivity contribution is 5.73. The summed E-state index contributed by atoms with van der Waals surface area (Å²) in [4.78, 5) is 33.5. The molecule has 0 aliphatic rings. The van der Waals surface area contributed by atoms with Crippen LogP contribution in [0.15, 0.2) is 12.2 Å². The van der Waals surface area contributed by atoms with Crippen molar-refractivity contribution in [2.24, 2.45) is 0 Å². The summed E-state index contributed by atoms with van der Waals surface area (Å²) >= 11 is 0. The van der Waals surface area contributed by atoms with Gasteiger partial charge < -0.3 is 15.3 Å². The van der Waals surface area contributed by atoms with Crippen molar-refractivity contribution in [1.29, 1.82) is 0 Å². The third kappa shape index (κ3) is 22.3. The van der Waals surface area contributed by atoms with Gasteiger partial charge in [0, 0.05) is 0 Å². The molecule has 0 saturated heterocycles. The van der Waals surface area contributed by atoms with Crippen molar-refractivity contribution in [3.8, 4) is 0 Å². The Kier molecular flexibility index (Phi) is 21.3. The van der Waals surface area contributed by atoms with E-state index in [0.29, 0.717) is 6.42 Å². The van der Waals surface area contributed by atoms with Crippen LogP contribution in [0.3, 0.4) is 0 Å². The first-order valence-electron chi connectivity index (χ1n) is 14.0. The Labute approximate surface area is 213 Å². The summed E-state index contributed by atoms with van der Waals surface area (Å²) in [6.07, 6.45) is 26.4. The molecule has 204 valence electrons. The molecule has 0 rings (SSSR count). The van der Waals surface area contributed by atoms with Crippen molar-refractivity contribution in [3.63, 3.8) is 0 Å². The van der Waals surface area contributed by atoms with Crippen LogP contribution in [-0.2, 0) is 14.4 Å². The lowest BCUT2D eigenvalue weighted by atomic mass is 10.1. The predicted octanol–water partition coefficient (Wildman–Crippen LogP) is 6.65. The molecular weight excluding hydrogens is 446 g/mol. The molecule has 0 aromatic rings. The van der Waals surface area contributed by atoms with E-state index in [4.69, 9.17) is 15.3 Å². The van der Waals surface area contributed by atoms with Crippen LogP contribution >= 0.6 is 0 Å². The van der Waals surface area contributed by atoms with Gasteiger partial charge in [0.1, 0.15) is 0 Å². The van der Waals surface area contributed by atoms with Gasteiger partial charge >= 0.3 is 17.9 Å². The molecule has 0 aromatic heterocycles. The number of hydrogen-bond acceptors (Lipinski definition) is 3. The van der Waals surface area contributed by atoms with Crippen LogP contribution in [0.25, 0.3) is 0 Å². The molecular formula is C28H52NO6+. The summed E-state index contributed by atoms with van der Waals surface area (Å²) in [5, 5.41) is 27.4. The second kappa shape index (κ2) is 22.6. The minimum atomic E-state index is -1.17. The van der Waals surface area contributed by atoms with Gasteiger partial charge in [-0.2, -0.15) is 0 Å². The topological polar surface area (TPSA) is 112 Å². The van der Waals surface area contributed by atoms with Crippen LogP contribution in [0.2, 0.25) is 0 Å². The number of carboxylic acids is 3. The number of hydrogen-bond donors (Lipinski definition) is 3. The SMILES string of the molecule is CCCCCCCCCCCC/C=C/CCCCCCCC[N+](CC(=O)O)(CC(=O)O)CC(=O)O. The number of quaternary nitrogens is 1. The molecule has 0 heterocycles. The average molecular weight is 499 g/mol. The van der Waals surface area contributed by atoms with E-state index in [0.717, 1.165) is 38.5 Å².